The third-order valence-corrected chi connectivity index (χ3v) is 6.09. The molecule has 0 N–H and O–H groups in total. The van der Waals surface area contributed by atoms with Gasteiger partial charge in [-0.05, 0) is 43.4 Å². The number of piperidine rings is 1. The highest BCUT2D eigenvalue weighted by Crippen LogP contribution is 2.35. The zero-order chi connectivity index (χ0) is 19.5. The summed E-state index contributed by atoms with van der Waals surface area (Å²) in [4.78, 5) is 12.1. The number of hydrogen-bond donors (Lipinski definition) is 0. The van der Waals surface area contributed by atoms with Gasteiger partial charge >= 0.3 is 0 Å². The lowest BCUT2D eigenvalue weighted by atomic mass is 10.0. The fourth-order valence-electron chi connectivity index (χ4n) is 4.58. The first-order valence-corrected chi connectivity index (χ1v) is 10.8. The van der Waals surface area contributed by atoms with Crippen LogP contribution in [0.5, 0.6) is 0 Å². The first kappa shape index (κ1) is 18.5. The maximum atomic E-state index is 5.99. The molecule has 5 nitrogen and oxygen atoms in total. The number of nitrogens with zero attached hydrogens (tertiary/aromatic N) is 4. The van der Waals surface area contributed by atoms with Crippen molar-refractivity contribution in [2.75, 3.05) is 26.2 Å². The van der Waals surface area contributed by atoms with Gasteiger partial charge in [0, 0.05) is 38.5 Å². The molecule has 0 spiro atoms. The molecule has 2 aliphatic heterocycles. The molecule has 2 fully saturated rings. The predicted octanol–water partition coefficient (Wildman–Crippen LogP) is 4.63. The van der Waals surface area contributed by atoms with Gasteiger partial charge in [-0.2, -0.15) is 0 Å². The topological polar surface area (TPSA) is 43.2 Å². The summed E-state index contributed by atoms with van der Waals surface area (Å²) in [5, 5.41) is 0. The largest absolute Gasteiger partial charge is 0.370 e. The second kappa shape index (κ2) is 8.47. The summed E-state index contributed by atoms with van der Waals surface area (Å²) in [5.74, 6) is 1.08. The smallest absolute Gasteiger partial charge is 0.160 e. The van der Waals surface area contributed by atoms with Crippen molar-refractivity contribution in [3.8, 4) is 0 Å². The van der Waals surface area contributed by atoms with Gasteiger partial charge < -0.3 is 9.30 Å². The van der Waals surface area contributed by atoms with Crippen LogP contribution in [-0.2, 0) is 4.74 Å². The number of fused-ring (bicyclic) bond motifs is 1. The molecule has 3 aromatic rings. The van der Waals surface area contributed by atoms with Crippen molar-refractivity contribution in [2.45, 2.75) is 37.8 Å². The first-order chi connectivity index (χ1) is 14.4. The van der Waals surface area contributed by atoms with Gasteiger partial charge in [-0.1, -0.05) is 42.5 Å². The molecule has 0 bridgehead atoms. The van der Waals surface area contributed by atoms with Crippen molar-refractivity contribution in [2.24, 2.45) is 0 Å². The first-order valence-electron chi connectivity index (χ1n) is 10.8. The molecule has 4 heterocycles. The van der Waals surface area contributed by atoms with Crippen LogP contribution < -0.4 is 0 Å². The highest BCUT2D eigenvalue weighted by Gasteiger charge is 2.30. The summed E-state index contributed by atoms with van der Waals surface area (Å²) in [6.45, 7) is 4.04. The van der Waals surface area contributed by atoms with Crippen LogP contribution in [0.15, 0.2) is 54.7 Å². The lowest BCUT2D eigenvalue weighted by Gasteiger charge is -2.33. The fraction of sp³-hybridized carbons (Fsp3) is 0.417. The molecule has 1 aromatic carbocycles. The summed E-state index contributed by atoms with van der Waals surface area (Å²) in [5.41, 5.74) is 3.27. The highest BCUT2D eigenvalue weighted by atomic mass is 16.5. The minimum absolute atomic E-state index is 0.121. The number of rotatable bonds is 5. The molecule has 2 aromatic heterocycles. The highest BCUT2D eigenvalue weighted by molar-refractivity contribution is 5.71. The molecule has 2 aliphatic rings. The van der Waals surface area contributed by atoms with Crippen LogP contribution in [0, 0.1) is 0 Å². The summed E-state index contributed by atoms with van der Waals surface area (Å²) >= 11 is 0. The molecular formula is C24H28N4O. The van der Waals surface area contributed by atoms with Crippen molar-refractivity contribution in [1.82, 2.24) is 19.4 Å². The van der Waals surface area contributed by atoms with Gasteiger partial charge in [0.2, 0.25) is 0 Å². The van der Waals surface area contributed by atoms with E-state index in [0.29, 0.717) is 6.04 Å². The van der Waals surface area contributed by atoms with Crippen molar-refractivity contribution in [3.63, 3.8) is 0 Å². The zero-order valence-electron chi connectivity index (χ0n) is 16.8. The SMILES string of the molecule is C(=C\c1ccccc1)/CN1CCC(n2c([C@H]3CCCO3)nc3cccnc32)CC1. The van der Waals surface area contributed by atoms with E-state index in [1.165, 1.54) is 5.56 Å². The third kappa shape index (κ3) is 3.98. The Morgan fingerprint density at radius 3 is 2.69 bits per heavy atom. The quantitative estimate of drug-likeness (QED) is 0.639. The van der Waals surface area contributed by atoms with E-state index in [2.05, 4.69) is 63.0 Å². The van der Waals surface area contributed by atoms with Gasteiger partial charge in [0.25, 0.3) is 0 Å². The number of ether oxygens (including phenoxy) is 1. The maximum absolute atomic E-state index is 5.99. The summed E-state index contributed by atoms with van der Waals surface area (Å²) < 4.78 is 8.38. The van der Waals surface area contributed by atoms with Crippen molar-refractivity contribution in [3.05, 3.63) is 66.1 Å². The van der Waals surface area contributed by atoms with Gasteiger partial charge in [-0.3, -0.25) is 4.90 Å². The maximum Gasteiger partial charge on any atom is 0.160 e. The molecule has 1 atom stereocenters. The van der Waals surface area contributed by atoms with E-state index in [9.17, 15) is 0 Å². The molecule has 0 radical (unpaired) electrons. The fourth-order valence-corrected chi connectivity index (χ4v) is 4.58. The molecule has 0 saturated carbocycles. The standard InChI is InChI=1S/C24H28N4O/c1-2-7-19(8-3-1)9-5-15-27-16-12-20(13-17-27)28-23-21(10-4-14-25-23)26-24(28)22-11-6-18-29-22/h1-5,7-10,14,20,22H,6,11-13,15-18H2/b9-5+/t22-/m1/s1. The van der Waals surface area contributed by atoms with Crippen LogP contribution >= 0.6 is 0 Å². The van der Waals surface area contributed by atoms with Crippen LogP contribution in [0.25, 0.3) is 17.2 Å². The van der Waals surface area contributed by atoms with Crippen LogP contribution in [0.4, 0.5) is 0 Å². The minimum atomic E-state index is 0.121. The Bertz CT molecular complexity index is 967. The van der Waals surface area contributed by atoms with Gasteiger partial charge in [-0.15, -0.1) is 0 Å². The van der Waals surface area contributed by atoms with E-state index < -0.39 is 0 Å². The number of hydrogen-bond acceptors (Lipinski definition) is 4. The Balaban J connectivity index is 1.29. The van der Waals surface area contributed by atoms with Crippen LogP contribution in [0.1, 0.15) is 49.2 Å². The molecular weight excluding hydrogens is 360 g/mol. The van der Waals surface area contributed by atoms with E-state index in [1.54, 1.807) is 0 Å². The summed E-state index contributed by atoms with van der Waals surface area (Å²) in [6.07, 6.45) is 10.9. The van der Waals surface area contributed by atoms with Gasteiger partial charge in [-0.25, -0.2) is 9.97 Å². The Morgan fingerprint density at radius 2 is 1.90 bits per heavy atom. The second-order valence-electron chi connectivity index (χ2n) is 8.03. The van der Waals surface area contributed by atoms with Gasteiger partial charge in [0.1, 0.15) is 17.4 Å². The number of likely N-dealkylation sites (tertiary alicyclic amines) is 1. The molecule has 0 unspecified atom stereocenters. The minimum Gasteiger partial charge on any atom is -0.370 e. The van der Waals surface area contributed by atoms with E-state index in [1.807, 2.05) is 12.3 Å². The molecule has 5 rings (SSSR count). The number of aromatic nitrogens is 3. The van der Waals surface area contributed by atoms with E-state index in [4.69, 9.17) is 9.72 Å². The Kier molecular flexibility index (Phi) is 5.41. The van der Waals surface area contributed by atoms with E-state index in [-0.39, 0.29) is 6.10 Å². The van der Waals surface area contributed by atoms with Crippen molar-refractivity contribution >= 4 is 17.2 Å². The normalized spacial score (nSPS) is 21.4. The lowest BCUT2D eigenvalue weighted by molar-refractivity contribution is 0.0978. The Morgan fingerprint density at radius 1 is 1.03 bits per heavy atom. The number of imidazole rings is 1. The van der Waals surface area contributed by atoms with Crippen LogP contribution in [-0.4, -0.2) is 45.7 Å². The molecule has 150 valence electrons. The summed E-state index contributed by atoms with van der Waals surface area (Å²) in [6, 6.07) is 15.0. The number of benzene rings is 1. The monoisotopic (exact) mass is 388 g/mol. The van der Waals surface area contributed by atoms with E-state index >= 15 is 0 Å². The lowest BCUT2D eigenvalue weighted by Crippen LogP contribution is -2.35. The van der Waals surface area contributed by atoms with Gasteiger partial charge in [0.15, 0.2) is 5.65 Å². The van der Waals surface area contributed by atoms with Gasteiger partial charge in [0.05, 0.1) is 0 Å². The van der Waals surface area contributed by atoms with Crippen LogP contribution in [0.3, 0.4) is 0 Å². The molecule has 2 saturated heterocycles. The molecule has 0 amide bonds. The summed E-state index contributed by atoms with van der Waals surface area (Å²) in [7, 11) is 0. The molecule has 5 heteroatoms. The number of pyridine rings is 1. The van der Waals surface area contributed by atoms with Crippen LogP contribution in [0.2, 0.25) is 0 Å². The second-order valence-corrected chi connectivity index (χ2v) is 8.03. The average molecular weight is 389 g/mol. The average Bonchev–Trinajstić information content (AvgIpc) is 3.43. The Labute approximate surface area is 172 Å². The molecule has 0 aliphatic carbocycles. The van der Waals surface area contributed by atoms with Crippen molar-refractivity contribution in [1.29, 1.82) is 0 Å². The van der Waals surface area contributed by atoms with E-state index in [0.717, 1.165) is 68.9 Å². The third-order valence-electron chi connectivity index (χ3n) is 6.09. The van der Waals surface area contributed by atoms with Crippen molar-refractivity contribution < 1.29 is 4.74 Å². The predicted molar refractivity (Wildman–Crippen MR) is 116 cm³/mol. The Hall–Kier alpha value is -2.50. The molecule has 29 heavy (non-hydrogen) atoms. The zero-order valence-corrected chi connectivity index (χ0v) is 16.8.